The van der Waals surface area contributed by atoms with Gasteiger partial charge in [-0.3, -0.25) is 0 Å². The van der Waals surface area contributed by atoms with Crippen molar-refractivity contribution in [2.75, 3.05) is 4.90 Å². The Balaban J connectivity index is 1.05. The summed E-state index contributed by atoms with van der Waals surface area (Å²) in [5.41, 5.74) is 15.6. The Labute approximate surface area is 321 Å². The van der Waals surface area contributed by atoms with Crippen LogP contribution < -0.4 is 4.90 Å². The lowest BCUT2D eigenvalue weighted by atomic mass is 9.90. The zero-order valence-electron chi connectivity index (χ0n) is 30.2. The molecule has 1 heteroatoms. The van der Waals surface area contributed by atoms with Crippen LogP contribution in [0.2, 0.25) is 0 Å². The van der Waals surface area contributed by atoms with Gasteiger partial charge in [0.15, 0.2) is 0 Å². The minimum absolute atomic E-state index is 1.13. The maximum Gasteiger partial charge on any atom is 0.0540 e. The third kappa shape index (κ3) is 5.16. The van der Waals surface area contributed by atoms with E-state index in [0.29, 0.717) is 0 Å². The predicted octanol–water partition coefficient (Wildman–Crippen LogP) is 15.3. The van der Waals surface area contributed by atoms with E-state index in [0.717, 1.165) is 5.69 Å². The largest absolute Gasteiger partial charge is 0.309 e. The second-order valence-corrected chi connectivity index (χ2v) is 14.5. The molecule has 0 fully saturated rings. The normalized spacial score (nSPS) is 12.0. The summed E-state index contributed by atoms with van der Waals surface area (Å²) in [6.07, 6.45) is 0. The van der Waals surface area contributed by atoms with E-state index in [2.05, 4.69) is 217 Å². The molecule has 0 amide bonds. The molecule has 1 aliphatic rings. The maximum atomic E-state index is 2.43. The summed E-state index contributed by atoms with van der Waals surface area (Å²) in [6, 6.07) is 77.8. The number of para-hydroxylation sites is 1. The van der Waals surface area contributed by atoms with E-state index in [1.54, 1.807) is 0 Å². The number of anilines is 3. The van der Waals surface area contributed by atoms with E-state index in [4.69, 9.17) is 0 Å². The van der Waals surface area contributed by atoms with E-state index < -0.39 is 0 Å². The Morgan fingerprint density at radius 3 is 1.35 bits per heavy atom. The smallest absolute Gasteiger partial charge is 0.0540 e. The van der Waals surface area contributed by atoms with Crippen molar-refractivity contribution in [2.45, 2.75) is 0 Å². The molecule has 256 valence electrons. The minimum Gasteiger partial charge on any atom is -0.309 e. The summed E-state index contributed by atoms with van der Waals surface area (Å²) in [6.45, 7) is 0. The van der Waals surface area contributed by atoms with Crippen molar-refractivity contribution in [1.82, 2.24) is 0 Å². The highest BCUT2D eigenvalue weighted by Gasteiger charge is 2.26. The van der Waals surface area contributed by atoms with Gasteiger partial charge in [0.1, 0.15) is 0 Å². The fourth-order valence-corrected chi connectivity index (χ4v) is 8.78. The van der Waals surface area contributed by atoms with Gasteiger partial charge in [-0.1, -0.05) is 170 Å². The Morgan fingerprint density at radius 1 is 0.218 bits per heavy atom. The van der Waals surface area contributed by atoms with Crippen LogP contribution in [-0.4, -0.2) is 0 Å². The van der Waals surface area contributed by atoms with Gasteiger partial charge in [0.2, 0.25) is 0 Å². The van der Waals surface area contributed by atoms with Crippen LogP contribution >= 0.6 is 0 Å². The molecule has 0 saturated carbocycles. The molecule has 11 rings (SSSR count). The zero-order chi connectivity index (χ0) is 36.3. The first-order valence-corrected chi connectivity index (χ1v) is 19.0. The Hall–Kier alpha value is -7.22. The van der Waals surface area contributed by atoms with Crippen LogP contribution in [0.3, 0.4) is 0 Å². The fraction of sp³-hybridized carbons (Fsp3) is 0. The van der Waals surface area contributed by atoms with Gasteiger partial charge in [0, 0.05) is 16.8 Å². The number of benzene rings is 10. The summed E-state index contributed by atoms with van der Waals surface area (Å²) < 4.78 is 0. The number of rotatable bonds is 4. The average Bonchev–Trinajstić information content (AvgIpc) is 3.39. The molecule has 55 heavy (non-hydrogen) atoms. The number of fused-ring (bicyclic) bond motifs is 11. The van der Waals surface area contributed by atoms with Gasteiger partial charge in [-0.05, 0) is 119 Å². The standard InChI is InChI=1S/C54H35N/c1-2-13-36(14-3-1)37-25-29-42(30-26-37)55-53-24-11-10-23-50(53)46-20-7-9-22-48(46)52-35-41(28-32-54(52)55)39-16-12-15-38(33-39)40-27-31-49-45-19-5-4-17-43(45)44-18-6-8-21-47(44)51(49)34-40/h1-35H. The zero-order valence-corrected chi connectivity index (χ0v) is 30.2. The van der Waals surface area contributed by atoms with Crippen molar-refractivity contribution in [3.63, 3.8) is 0 Å². The van der Waals surface area contributed by atoms with Gasteiger partial charge in [-0.15, -0.1) is 0 Å². The Kier molecular flexibility index (Phi) is 7.25. The summed E-state index contributed by atoms with van der Waals surface area (Å²) in [5, 5.41) is 7.76. The van der Waals surface area contributed by atoms with Crippen molar-refractivity contribution in [2.24, 2.45) is 0 Å². The molecule has 0 radical (unpaired) electrons. The van der Waals surface area contributed by atoms with Crippen LogP contribution in [0.25, 0.3) is 88.0 Å². The van der Waals surface area contributed by atoms with Crippen LogP contribution in [0.15, 0.2) is 212 Å². The SMILES string of the molecule is c1ccc(-c2ccc(N3c4ccccc4-c4ccccc4-c4cc(-c5cccc(-c6ccc7c8ccccc8c8ccccc8c7c6)c5)ccc43)cc2)cc1. The quantitative estimate of drug-likeness (QED) is 0.166. The summed E-state index contributed by atoms with van der Waals surface area (Å²) >= 11 is 0. The molecule has 1 aliphatic heterocycles. The van der Waals surface area contributed by atoms with Gasteiger partial charge < -0.3 is 4.90 Å². The molecule has 0 unspecified atom stereocenters. The van der Waals surface area contributed by atoms with Gasteiger partial charge in [0.25, 0.3) is 0 Å². The van der Waals surface area contributed by atoms with E-state index in [1.807, 2.05) is 0 Å². The molecule has 0 bridgehead atoms. The molecule has 0 atom stereocenters. The molecule has 0 saturated heterocycles. The molecule has 1 nitrogen and oxygen atoms in total. The highest BCUT2D eigenvalue weighted by Crippen LogP contribution is 2.51. The Bertz CT molecular complexity index is 3050. The van der Waals surface area contributed by atoms with Crippen LogP contribution in [-0.2, 0) is 0 Å². The molecule has 0 N–H and O–H groups in total. The molecular formula is C54H35N. The summed E-state index contributed by atoms with van der Waals surface area (Å²) in [5.74, 6) is 0. The summed E-state index contributed by atoms with van der Waals surface area (Å²) in [4.78, 5) is 2.43. The minimum atomic E-state index is 1.13. The highest BCUT2D eigenvalue weighted by atomic mass is 15.1. The predicted molar refractivity (Wildman–Crippen MR) is 234 cm³/mol. The lowest BCUT2D eigenvalue weighted by Gasteiger charge is -2.28. The van der Waals surface area contributed by atoms with Crippen LogP contribution in [0.4, 0.5) is 17.1 Å². The van der Waals surface area contributed by atoms with Gasteiger partial charge in [0.05, 0.1) is 11.4 Å². The van der Waals surface area contributed by atoms with Crippen molar-refractivity contribution in [3.8, 4) is 55.6 Å². The van der Waals surface area contributed by atoms with Crippen molar-refractivity contribution in [3.05, 3.63) is 212 Å². The molecular weight excluding hydrogens is 663 g/mol. The second kappa shape index (κ2) is 12.7. The molecule has 10 aromatic rings. The second-order valence-electron chi connectivity index (χ2n) is 14.5. The molecule has 10 aromatic carbocycles. The van der Waals surface area contributed by atoms with Crippen LogP contribution in [0.1, 0.15) is 0 Å². The lowest BCUT2D eigenvalue weighted by molar-refractivity contribution is 1.29. The van der Waals surface area contributed by atoms with Crippen molar-refractivity contribution in [1.29, 1.82) is 0 Å². The van der Waals surface area contributed by atoms with E-state index in [1.165, 1.54) is 99.3 Å². The average molecular weight is 698 g/mol. The monoisotopic (exact) mass is 697 g/mol. The number of nitrogens with zero attached hydrogens (tertiary/aromatic N) is 1. The highest BCUT2D eigenvalue weighted by molar-refractivity contribution is 6.25. The topological polar surface area (TPSA) is 3.24 Å². The molecule has 1 heterocycles. The third-order valence-electron chi connectivity index (χ3n) is 11.4. The molecule has 0 spiro atoms. The van der Waals surface area contributed by atoms with E-state index >= 15 is 0 Å². The first-order chi connectivity index (χ1) is 27.3. The molecule has 0 aromatic heterocycles. The number of hydrogen-bond donors (Lipinski definition) is 0. The van der Waals surface area contributed by atoms with Crippen molar-refractivity contribution < 1.29 is 0 Å². The molecule has 0 aliphatic carbocycles. The third-order valence-corrected chi connectivity index (χ3v) is 11.4. The van der Waals surface area contributed by atoms with Crippen LogP contribution in [0, 0.1) is 0 Å². The fourth-order valence-electron chi connectivity index (χ4n) is 8.78. The lowest BCUT2D eigenvalue weighted by Crippen LogP contribution is -2.10. The van der Waals surface area contributed by atoms with Gasteiger partial charge in [-0.2, -0.15) is 0 Å². The Morgan fingerprint density at radius 2 is 0.655 bits per heavy atom. The first-order valence-electron chi connectivity index (χ1n) is 19.0. The summed E-state index contributed by atoms with van der Waals surface area (Å²) in [7, 11) is 0. The van der Waals surface area contributed by atoms with Crippen LogP contribution in [0.5, 0.6) is 0 Å². The number of hydrogen-bond acceptors (Lipinski definition) is 1. The van der Waals surface area contributed by atoms with Gasteiger partial charge >= 0.3 is 0 Å². The van der Waals surface area contributed by atoms with Crippen molar-refractivity contribution >= 4 is 49.4 Å². The first kappa shape index (κ1) is 31.3. The van der Waals surface area contributed by atoms with E-state index in [-0.39, 0.29) is 0 Å². The maximum absolute atomic E-state index is 2.43. The van der Waals surface area contributed by atoms with Gasteiger partial charge in [-0.25, -0.2) is 0 Å². The van der Waals surface area contributed by atoms with E-state index in [9.17, 15) is 0 Å².